The van der Waals surface area contributed by atoms with Gasteiger partial charge in [0.1, 0.15) is 0 Å². The Balaban J connectivity index is 2.23. The molecule has 0 unspecified atom stereocenters. The van der Waals surface area contributed by atoms with Crippen molar-refractivity contribution < 1.29 is 5.11 Å². The van der Waals surface area contributed by atoms with Crippen LogP contribution in [-0.2, 0) is 13.2 Å². The number of rotatable bonds is 4. The van der Waals surface area contributed by atoms with E-state index in [1.165, 1.54) is 4.88 Å². The zero-order valence-electron chi connectivity index (χ0n) is 10.4. The van der Waals surface area contributed by atoms with Gasteiger partial charge in [0.2, 0.25) is 0 Å². The Bertz CT molecular complexity index is 542. The van der Waals surface area contributed by atoms with Crippen LogP contribution >= 0.6 is 22.9 Å². The fourth-order valence-corrected chi connectivity index (χ4v) is 2.86. The Morgan fingerprint density at radius 3 is 2.83 bits per heavy atom. The molecule has 0 bridgehead atoms. The third kappa shape index (κ3) is 2.83. The molecule has 1 aromatic carbocycles. The molecule has 1 aromatic heterocycles. The van der Waals surface area contributed by atoms with Gasteiger partial charge in [-0.3, -0.25) is 0 Å². The predicted molar refractivity (Wildman–Crippen MR) is 76.3 cm³/mol. The van der Waals surface area contributed by atoms with Gasteiger partial charge in [0, 0.05) is 28.2 Å². The lowest BCUT2D eigenvalue weighted by atomic mass is 10.1. The second kappa shape index (κ2) is 5.69. The number of hydrogen-bond donors (Lipinski definition) is 1. The Labute approximate surface area is 116 Å². The van der Waals surface area contributed by atoms with Crippen LogP contribution in [0.3, 0.4) is 0 Å². The van der Waals surface area contributed by atoms with Gasteiger partial charge in [-0.25, -0.2) is 4.98 Å². The molecule has 2 aromatic rings. The van der Waals surface area contributed by atoms with Crippen molar-refractivity contribution in [1.82, 2.24) is 4.98 Å². The van der Waals surface area contributed by atoms with E-state index < -0.39 is 0 Å². The lowest BCUT2D eigenvalue weighted by Crippen LogP contribution is -2.17. The molecule has 0 fully saturated rings. The number of nitrogens with zero attached hydrogens (tertiary/aromatic N) is 2. The van der Waals surface area contributed by atoms with Crippen molar-refractivity contribution in [2.24, 2.45) is 0 Å². The van der Waals surface area contributed by atoms with Crippen LogP contribution in [0.4, 0.5) is 5.69 Å². The minimum absolute atomic E-state index is 0.0120. The highest BCUT2D eigenvalue weighted by molar-refractivity contribution is 7.09. The van der Waals surface area contributed by atoms with Crippen LogP contribution in [0, 0.1) is 6.92 Å². The topological polar surface area (TPSA) is 36.4 Å². The Morgan fingerprint density at radius 1 is 1.44 bits per heavy atom. The molecule has 0 saturated heterocycles. The maximum Gasteiger partial charge on any atom is 0.0798 e. The second-order valence-electron chi connectivity index (χ2n) is 4.15. The van der Waals surface area contributed by atoms with Gasteiger partial charge in [0.25, 0.3) is 0 Å². The Kier molecular flexibility index (Phi) is 4.22. The summed E-state index contributed by atoms with van der Waals surface area (Å²) in [4.78, 5) is 7.57. The minimum Gasteiger partial charge on any atom is -0.392 e. The number of aryl methyl sites for hydroxylation is 1. The van der Waals surface area contributed by atoms with Gasteiger partial charge in [-0.1, -0.05) is 11.6 Å². The van der Waals surface area contributed by atoms with Crippen LogP contribution in [0.5, 0.6) is 0 Å². The number of benzene rings is 1. The van der Waals surface area contributed by atoms with Crippen LogP contribution < -0.4 is 4.90 Å². The van der Waals surface area contributed by atoms with Crippen molar-refractivity contribution >= 4 is 28.6 Å². The smallest absolute Gasteiger partial charge is 0.0798 e. The molecule has 1 N–H and O–H groups in total. The van der Waals surface area contributed by atoms with Crippen LogP contribution in [-0.4, -0.2) is 17.1 Å². The fraction of sp³-hybridized carbons (Fsp3) is 0.308. The lowest BCUT2D eigenvalue weighted by Gasteiger charge is -2.21. The van der Waals surface area contributed by atoms with Gasteiger partial charge in [-0.05, 0) is 25.1 Å². The molecule has 18 heavy (non-hydrogen) atoms. The average Bonchev–Trinajstić information content (AvgIpc) is 2.74. The van der Waals surface area contributed by atoms with Crippen LogP contribution in [0.1, 0.15) is 16.1 Å². The summed E-state index contributed by atoms with van der Waals surface area (Å²) < 4.78 is 0. The fourth-order valence-electron chi connectivity index (χ4n) is 1.83. The molecule has 0 aliphatic heterocycles. The zero-order chi connectivity index (χ0) is 13.1. The van der Waals surface area contributed by atoms with Gasteiger partial charge >= 0.3 is 0 Å². The minimum atomic E-state index is -0.0120. The van der Waals surface area contributed by atoms with Crippen molar-refractivity contribution in [3.05, 3.63) is 44.9 Å². The first-order chi connectivity index (χ1) is 8.61. The highest BCUT2D eigenvalue weighted by atomic mass is 35.5. The summed E-state index contributed by atoms with van der Waals surface area (Å²) in [6.45, 7) is 2.78. The average molecular weight is 283 g/mol. The molecule has 96 valence electrons. The normalized spacial score (nSPS) is 10.7. The summed E-state index contributed by atoms with van der Waals surface area (Å²) in [6, 6.07) is 5.57. The van der Waals surface area contributed by atoms with E-state index in [4.69, 9.17) is 11.6 Å². The molecule has 0 aliphatic rings. The van der Waals surface area contributed by atoms with Gasteiger partial charge in [-0.2, -0.15) is 0 Å². The van der Waals surface area contributed by atoms with E-state index in [1.807, 2.05) is 31.6 Å². The summed E-state index contributed by atoms with van der Waals surface area (Å²) in [5.41, 5.74) is 4.75. The maximum atomic E-state index is 9.38. The van der Waals surface area contributed by atoms with Gasteiger partial charge in [0.15, 0.2) is 0 Å². The first-order valence-corrected chi connectivity index (χ1v) is 6.87. The molecule has 2 rings (SSSR count). The molecule has 3 nitrogen and oxygen atoms in total. The first kappa shape index (κ1) is 13.3. The van der Waals surface area contributed by atoms with E-state index in [9.17, 15) is 5.11 Å². The molecule has 0 saturated carbocycles. The van der Waals surface area contributed by atoms with Crippen LogP contribution in [0.15, 0.2) is 23.7 Å². The second-order valence-corrected chi connectivity index (χ2v) is 5.52. The molecular formula is C13H15ClN2OS. The molecule has 0 aliphatic carbocycles. The molecule has 0 amide bonds. The van der Waals surface area contributed by atoms with E-state index >= 15 is 0 Å². The lowest BCUT2D eigenvalue weighted by molar-refractivity contribution is 0.282. The van der Waals surface area contributed by atoms with E-state index in [0.29, 0.717) is 5.02 Å². The van der Waals surface area contributed by atoms with Crippen LogP contribution in [0.25, 0.3) is 0 Å². The SMILES string of the molecule is Cc1ncsc1CN(C)c1ccc(Cl)cc1CO. The summed E-state index contributed by atoms with van der Waals surface area (Å²) >= 11 is 7.58. The largest absolute Gasteiger partial charge is 0.392 e. The summed E-state index contributed by atoms with van der Waals surface area (Å²) in [5.74, 6) is 0. The monoisotopic (exact) mass is 282 g/mol. The van der Waals surface area contributed by atoms with E-state index in [0.717, 1.165) is 23.5 Å². The van der Waals surface area contributed by atoms with E-state index in [2.05, 4.69) is 9.88 Å². The number of aromatic nitrogens is 1. The number of aliphatic hydroxyl groups is 1. The number of thiazole rings is 1. The molecule has 0 spiro atoms. The Morgan fingerprint density at radius 2 is 2.22 bits per heavy atom. The van der Waals surface area contributed by atoms with E-state index in [-0.39, 0.29) is 6.61 Å². The van der Waals surface area contributed by atoms with E-state index in [1.54, 1.807) is 17.4 Å². The Hall–Kier alpha value is -1.10. The van der Waals surface area contributed by atoms with Crippen molar-refractivity contribution in [3.8, 4) is 0 Å². The van der Waals surface area contributed by atoms with Gasteiger partial charge < -0.3 is 10.0 Å². The predicted octanol–water partition coefficient (Wildman–Crippen LogP) is 3.23. The van der Waals surface area contributed by atoms with Gasteiger partial charge in [0.05, 0.1) is 24.4 Å². The summed E-state index contributed by atoms with van der Waals surface area (Å²) in [6.07, 6.45) is 0. The highest BCUT2D eigenvalue weighted by Crippen LogP contribution is 2.26. The summed E-state index contributed by atoms with van der Waals surface area (Å²) in [5, 5.41) is 10.0. The number of aliphatic hydroxyl groups excluding tert-OH is 1. The number of anilines is 1. The quantitative estimate of drug-likeness (QED) is 0.935. The molecule has 0 atom stereocenters. The number of hydrogen-bond acceptors (Lipinski definition) is 4. The first-order valence-electron chi connectivity index (χ1n) is 5.61. The molecular weight excluding hydrogens is 268 g/mol. The van der Waals surface area contributed by atoms with Crippen molar-refractivity contribution in [1.29, 1.82) is 0 Å². The number of halogens is 1. The molecule has 0 radical (unpaired) electrons. The highest BCUT2D eigenvalue weighted by Gasteiger charge is 2.10. The molecule has 1 heterocycles. The standard InChI is InChI=1S/C13H15ClN2OS/c1-9-13(18-8-15-9)6-16(2)12-4-3-11(14)5-10(12)7-17/h3-5,8,17H,6-7H2,1-2H3. The maximum absolute atomic E-state index is 9.38. The van der Waals surface area contributed by atoms with Crippen molar-refractivity contribution in [3.63, 3.8) is 0 Å². The summed E-state index contributed by atoms with van der Waals surface area (Å²) in [7, 11) is 2.00. The van der Waals surface area contributed by atoms with Gasteiger partial charge in [-0.15, -0.1) is 11.3 Å². The molecule has 5 heteroatoms. The third-order valence-corrected chi connectivity index (χ3v) is 4.00. The third-order valence-electron chi connectivity index (χ3n) is 2.85. The zero-order valence-corrected chi connectivity index (χ0v) is 11.9. The van der Waals surface area contributed by atoms with Crippen molar-refractivity contribution in [2.75, 3.05) is 11.9 Å². The van der Waals surface area contributed by atoms with Crippen molar-refractivity contribution in [2.45, 2.75) is 20.1 Å². The van der Waals surface area contributed by atoms with Crippen LogP contribution in [0.2, 0.25) is 5.02 Å².